The number of carbonyl (C=O) groups excluding carboxylic acids is 1. The van der Waals surface area contributed by atoms with Crippen LogP contribution in [-0.2, 0) is 6.54 Å². The molecule has 3 aromatic rings. The summed E-state index contributed by atoms with van der Waals surface area (Å²) in [5.41, 5.74) is 2.92. The molecule has 1 aliphatic heterocycles. The summed E-state index contributed by atoms with van der Waals surface area (Å²) in [6.45, 7) is 8.92. The maximum absolute atomic E-state index is 14.5. The molecule has 0 bridgehead atoms. The molecule has 1 aromatic carbocycles. The number of rotatable bonds is 6. The third kappa shape index (κ3) is 5.01. The van der Waals surface area contributed by atoms with Crippen LogP contribution in [0.3, 0.4) is 0 Å². The topological polar surface area (TPSA) is 103 Å². The third-order valence-electron chi connectivity index (χ3n) is 5.76. The van der Waals surface area contributed by atoms with Crippen molar-refractivity contribution < 1.29 is 13.9 Å². The summed E-state index contributed by atoms with van der Waals surface area (Å²) in [4.78, 5) is 39.1. The van der Waals surface area contributed by atoms with Crippen LogP contribution in [0.15, 0.2) is 29.1 Å². The van der Waals surface area contributed by atoms with Gasteiger partial charge in [-0.25, -0.2) is 9.97 Å². The molecule has 10 heteroatoms. The van der Waals surface area contributed by atoms with E-state index in [1.165, 1.54) is 13.1 Å². The van der Waals surface area contributed by atoms with Gasteiger partial charge in [0.2, 0.25) is 5.95 Å². The van der Waals surface area contributed by atoms with Crippen LogP contribution >= 0.6 is 0 Å². The maximum atomic E-state index is 14.5. The van der Waals surface area contributed by atoms with Crippen LogP contribution in [-0.4, -0.2) is 65.1 Å². The molecule has 0 unspecified atom stereocenters. The molecule has 180 valence electrons. The quantitative estimate of drug-likeness (QED) is 0.535. The van der Waals surface area contributed by atoms with E-state index in [0.29, 0.717) is 47.8 Å². The lowest BCUT2D eigenvalue weighted by Gasteiger charge is -2.36. The number of nitrogens with one attached hydrogen (secondary N) is 2. The fourth-order valence-corrected chi connectivity index (χ4v) is 4.06. The normalized spacial score (nSPS) is 14.6. The van der Waals surface area contributed by atoms with Crippen molar-refractivity contribution in [2.75, 3.05) is 38.1 Å². The van der Waals surface area contributed by atoms with Gasteiger partial charge < -0.3 is 19.9 Å². The second-order valence-corrected chi connectivity index (χ2v) is 8.66. The average molecular weight is 469 g/mol. The van der Waals surface area contributed by atoms with E-state index in [4.69, 9.17) is 4.74 Å². The van der Waals surface area contributed by atoms with E-state index in [-0.39, 0.29) is 17.4 Å². The van der Waals surface area contributed by atoms with E-state index in [0.717, 1.165) is 18.7 Å². The number of aromatic nitrogens is 3. The van der Waals surface area contributed by atoms with Gasteiger partial charge >= 0.3 is 0 Å². The number of aromatic amines is 1. The number of amides is 1. The number of piperazine rings is 1. The lowest BCUT2D eigenvalue weighted by atomic mass is 10.1. The molecule has 9 nitrogen and oxygen atoms in total. The number of hydrogen-bond donors (Lipinski definition) is 2. The summed E-state index contributed by atoms with van der Waals surface area (Å²) in [5.74, 6) is -0.422. The lowest BCUT2D eigenvalue weighted by molar-refractivity contribution is 0.0957. The fraction of sp³-hybridized carbons (Fsp3) is 0.417. The Labute approximate surface area is 197 Å². The Morgan fingerprint density at radius 1 is 1.21 bits per heavy atom. The Hall–Kier alpha value is -3.53. The first kappa shape index (κ1) is 23.6. The van der Waals surface area contributed by atoms with Crippen molar-refractivity contribution in [1.82, 2.24) is 25.2 Å². The molecule has 0 radical (unpaired) electrons. The summed E-state index contributed by atoms with van der Waals surface area (Å²) in [6.07, 6.45) is -0.0330. The number of H-pyrrole nitrogens is 1. The number of pyridine rings is 1. The van der Waals surface area contributed by atoms with Crippen LogP contribution in [0, 0.1) is 12.9 Å². The third-order valence-corrected chi connectivity index (χ3v) is 5.76. The van der Waals surface area contributed by atoms with E-state index in [1.54, 1.807) is 13.0 Å². The van der Waals surface area contributed by atoms with Gasteiger partial charge in [-0.3, -0.25) is 14.5 Å². The fourth-order valence-electron chi connectivity index (χ4n) is 4.06. The molecule has 0 spiro atoms. The summed E-state index contributed by atoms with van der Waals surface area (Å²) < 4.78 is 20.5. The van der Waals surface area contributed by atoms with Gasteiger partial charge in [0.1, 0.15) is 22.7 Å². The molecule has 3 heterocycles. The molecule has 0 atom stereocenters. The standard InChI is InChI=1S/C24H29FN6O3/c1-14(2)34-20-12-16(11-18-21(20)27-15(3)23(32)29-18)13-30-7-9-31(10-8-30)19-6-5-17(24(33)26-4)28-22(19)25/h5-6,11-12,14H,7-10,13H2,1-4H3,(H,26,33)(H,29,32). The van der Waals surface area contributed by atoms with Gasteiger partial charge in [0.15, 0.2) is 0 Å². The van der Waals surface area contributed by atoms with Gasteiger partial charge in [-0.2, -0.15) is 4.39 Å². The largest absolute Gasteiger partial charge is 0.489 e. The monoisotopic (exact) mass is 468 g/mol. The Bertz CT molecular complexity index is 1270. The van der Waals surface area contributed by atoms with Gasteiger partial charge in [-0.1, -0.05) is 0 Å². The number of halogens is 1. The number of fused-ring (bicyclic) bond motifs is 1. The molecule has 1 fully saturated rings. The van der Waals surface area contributed by atoms with Crippen molar-refractivity contribution in [2.45, 2.75) is 33.4 Å². The number of nitrogens with zero attached hydrogens (tertiary/aromatic N) is 4. The summed E-state index contributed by atoms with van der Waals surface area (Å²) >= 11 is 0. The molecular weight excluding hydrogens is 439 g/mol. The van der Waals surface area contributed by atoms with E-state index in [1.807, 2.05) is 30.9 Å². The minimum Gasteiger partial charge on any atom is -0.489 e. The molecule has 4 rings (SSSR count). The summed E-state index contributed by atoms with van der Waals surface area (Å²) in [5, 5.41) is 2.45. The molecule has 1 saturated heterocycles. The Morgan fingerprint density at radius 2 is 1.94 bits per heavy atom. The average Bonchev–Trinajstić information content (AvgIpc) is 2.80. The van der Waals surface area contributed by atoms with Gasteiger partial charge in [0.25, 0.3) is 11.5 Å². The van der Waals surface area contributed by atoms with Crippen LogP contribution in [0.2, 0.25) is 0 Å². The van der Waals surface area contributed by atoms with Crippen LogP contribution < -0.4 is 20.5 Å². The number of carbonyl (C=O) groups is 1. The zero-order valence-corrected chi connectivity index (χ0v) is 19.8. The Balaban J connectivity index is 1.49. The zero-order chi connectivity index (χ0) is 24.4. The van der Waals surface area contributed by atoms with Crippen LogP contribution in [0.25, 0.3) is 11.0 Å². The second-order valence-electron chi connectivity index (χ2n) is 8.66. The Morgan fingerprint density at radius 3 is 2.59 bits per heavy atom. The van der Waals surface area contributed by atoms with Crippen molar-refractivity contribution in [2.24, 2.45) is 0 Å². The predicted molar refractivity (Wildman–Crippen MR) is 128 cm³/mol. The van der Waals surface area contributed by atoms with Crippen LogP contribution in [0.5, 0.6) is 5.75 Å². The first-order valence-corrected chi connectivity index (χ1v) is 11.3. The van der Waals surface area contributed by atoms with Gasteiger partial charge in [0, 0.05) is 39.8 Å². The maximum Gasteiger partial charge on any atom is 0.269 e. The number of hydrogen-bond acceptors (Lipinski definition) is 7. The predicted octanol–water partition coefficient (Wildman–Crippen LogP) is 2.23. The molecule has 0 aliphatic carbocycles. The van der Waals surface area contributed by atoms with Crippen molar-refractivity contribution in [3.8, 4) is 5.75 Å². The van der Waals surface area contributed by atoms with Crippen LogP contribution in [0.1, 0.15) is 35.6 Å². The zero-order valence-electron chi connectivity index (χ0n) is 19.8. The number of aryl methyl sites for hydroxylation is 1. The van der Waals surface area contributed by atoms with Gasteiger partial charge in [0.05, 0.1) is 17.3 Å². The molecule has 1 aliphatic rings. The first-order valence-electron chi connectivity index (χ1n) is 11.3. The second kappa shape index (κ2) is 9.76. The van der Waals surface area contributed by atoms with Crippen molar-refractivity contribution in [1.29, 1.82) is 0 Å². The molecular formula is C24H29FN6O3. The first-order chi connectivity index (χ1) is 16.2. The van der Waals surface area contributed by atoms with E-state index in [2.05, 4.69) is 25.2 Å². The molecule has 0 saturated carbocycles. The van der Waals surface area contributed by atoms with Gasteiger partial charge in [-0.05, 0) is 50.6 Å². The minimum absolute atomic E-state index is 0.0330. The highest BCUT2D eigenvalue weighted by Crippen LogP contribution is 2.27. The number of ether oxygens (including phenoxy) is 1. The van der Waals surface area contributed by atoms with Gasteiger partial charge in [-0.15, -0.1) is 0 Å². The summed E-state index contributed by atoms with van der Waals surface area (Å²) in [6, 6.07) is 7.04. The summed E-state index contributed by atoms with van der Waals surface area (Å²) in [7, 11) is 1.48. The van der Waals surface area contributed by atoms with E-state index in [9.17, 15) is 14.0 Å². The minimum atomic E-state index is -0.647. The number of benzene rings is 1. The highest BCUT2D eigenvalue weighted by atomic mass is 19.1. The highest BCUT2D eigenvalue weighted by Gasteiger charge is 2.22. The van der Waals surface area contributed by atoms with Crippen molar-refractivity contribution in [3.05, 3.63) is 57.5 Å². The molecule has 2 aromatic heterocycles. The highest BCUT2D eigenvalue weighted by molar-refractivity contribution is 5.92. The molecule has 2 N–H and O–H groups in total. The molecule has 1 amide bonds. The van der Waals surface area contributed by atoms with E-state index < -0.39 is 11.9 Å². The molecule has 34 heavy (non-hydrogen) atoms. The van der Waals surface area contributed by atoms with Crippen LogP contribution in [0.4, 0.5) is 10.1 Å². The number of anilines is 1. The van der Waals surface area contributed by atoms with Crippen molar-refractivity contribution in [3.63, 3.8) is 0 Å². The van der Waals surface area contributed by atoms with E-state index >= 15 is 0 Å². The smallest absolute Gasteiger partial charge is 0.269 e. The Kier molecular flexibility index (Phi) is 6.78. The lowest BCUT2D eigenvalue weighted by Crippen LogP contribution is -2.46. The SMILES string of the molecule is CNC(=O)c1ccc(N2CCN(Cc3cc(OC(C)C)c4nc(C)c(=O)[nH]c4c3)CC2)c(F)n1. The van der Waals surface area contributed by atoms with Crippen molar-refractivity contribution >= 4 is 22.6 Å².